The molecule has 12 heteroatoms. The molecule has 0 unspecified atom stereocenters. The molecule has 2 aromatic carbocycles. The molecule has 6 rings (SSSR count). The number of anilines is 3. The van der Waals surface area contributed by atoms with Crippen molar-refractivity contribution in [2.75, 3.05) is 28.2 Å². The Morgan fingerprint density at radius 1 is 1.09 bits per heavy atom. The Morgan fingerprint density at radius 2 is 1.91 bits per heavy atom. The van der Waals surface area contributed by atoms with Crippen molar-refractivity contribution >= 4 is 29.2 Å². The maximum Gasteiger partial charge on any atom is 0.416 e. The number of aromatic nitrogens is 2. The van der Waals surface area contributed by atoms with E-state index in [4.69, 9.17) is 14.1 Å². The van der Waals surface area contributed by atoms with Crippen LogP contribution in [0.25, 0.3) is 22.6 Å². The number of ether oxygens (including phenoxy) is 1. The number of fused-ring (bicyclic) bond motifs is 4. The molecule has 2 bridgehead atoms. The van der Waals surface area contributed by atoms with Gasteiger partial charge in [0.2, 0.25) is 0 Å². The van der Waals surface area contributed by atoms with Gasteiger partial charge in [-0.05, 0) is 69.7 Å². The molecule has 0 radical (unpaired) electrons. The molecule has 2 aliphatic heterocycles. The highest BCUT2D eigenvalue weighted by Gasteiger charge is 2.40. The summed E-state index contributed by atoms with van der Waals surface area (Å²) in [5.74, 6) is 6.56. The van der Waals surface area contributed by atoms with Crippen LogP contribution in [-0.4, -0.2) is 46.7 Å². The van der Waals surface area contributed by atoms with Crippen LogP contribution < -0.4 is 15.1 Å². The Kier molecular flexibility index (Phi) is 8.40. The third-order valence-corrected chi connectivity index (χ3v) is 7.66. The summed E-state index contributed by atoms with van der Waals surface area (Å²) in [7, 11) is 0. The highest BCUT2D eigenvalue weighted by Crippen LogP contribution is 2.41. The van der Waals surface area contributed by atoms with Crippen molar-refractivity contribution in [3.05, 3.63) is 78.3 Å². The minimum atomic E-state index is -4.50. The standard InChI is InChI=1S/C35H32F3N5O4/c1-34(2,3)47-31(44)10-5-4-7-22-15-24(30-19-39-21-46-30)18-26(16-22)40-33(45)43-27-13-14-42(20-27)29-12-11-28(41-32(29)43)23-8-6-9-25(17-23)35(36,37)38/h6,8-9,11-12,15-19,21,27H,5,10,13-14,20H2,1-3H3,(H,40,45)/t27-/m0/s1. The fourth-order valence-electron chi connectivity index (χ4n) is 5.66. The number of rotatable bonds is 5. The van der Waals surface area contributed by atoms with Gasteiger partial charge in [-0.15, -0.1) is 0 Å². The summed E-state index contributed by atoms with van der Waals surface area (Å²) in [6.45, 7) is 6.74. The molecule has 4 heterocycles. The van der Waals surface area contributed by atoms with E-state index >= 15 is 0 Å². The van der Waals surface area contributed by atoms with E-state index in [0.29, 0.717) is 52.6 Å². The number of esters is 1. The first-order chi connectivity index (χ1) is 22.3. The number of halogens is 3. The lowest BCUT2D eigenvalue weighted by atomic mass is 10.1. The first-order valence-corrected chi connectivity index (χ1v) is 15.1. The summed E-state index contributed by atoms with van der Waals surface area (Å²) in [6.07, 6.45) is -0.522. The summed E-state index contributed by atoms with van der Waals surface area (Å²) in [6, 6.07) is 13.1. The monoisotopic (exact) mass is 643 g/mol. The Bertz CT molecular complexity index is 1870. The Balaban J connectivity index is 1.28. The maximum absolute atomic E-state index is 14.0. The van der Waals surface area contributed by atoms with E-state index in [1.807, 2.05) is 0 Å². The lowest BCUT2D eigenvalue weighted by Crippen LogP contribution is -2.48. The molecule has 1 N–H and O–H groups in total. The van der Waals surface area contributed by atoms with Gasteiger partial charge in [-0.2, -0.15) is 13.2 Å². The number of urea groups is 1. The second kappa shape index (κ2) is 12.5. The molecule has 9 nitrogen and oxygen atoms in total. The van der Waals surface area contributed by atoms with E-state index in [2.05, 4.69) is 27.0 Å². The number of benzene rings is 2. The SMILES string of the molecule is CC(C)(C)OC(=O)CCC#Cc1cc(NC(=O)N2c3nc(-c4cccc(C(F)(F)F)c4)ccc3N3CC[C@H]2C3)cc(-c2cnco2)c1. The largest absolute Gasteiger partial charge is 0.460 e. The van der Waals surface area contributed by atoms with Crippen LogP contribution in [0.2, 0.25) is 0 Å². The van der Waals surface area contributed by atoms with Gasteiger partial charge in [0.15, 0.2) is 18.0 Å². The fourth-order valence-corrected chi connectivity index (χ4v) is 5.66. The van der Waals surface area contributed by atoms with Crippen molar-refractivity contribution in [2.45, 2.75) is 57.9 Å². The number of alkyl halides is 3. The molecule has 2 amide bonds. The molecular formula is C35H32F3N5O4. The smallest absolute Gasteiger partial charge is 0.416 e. The first kappa shape index (κ1) is 31.7. The second-order valence-electron chi connectivity index (χ2n) is 12.4. The van der Waals surface area contributed by atoms with Crippen LogP contribution >= 0.6 is 0 Å². The third kappa shape index (κ3) is 7.25. The molecule has 1 atom stereocenters. The lowest BCUT2D eigenvalue weighted by molar-refractivity contribution is -0.154. The molecule has 1 saturated heterocycles. The molecule has 0 aliphatic carbocycles. The summed E-state index contributed by atoms with van der Waals surface area (Å²) in [5, 5.41) is 2.98. The fraction of sp³-hybridized carbons (Fsp3) is 0.314. The van der Waals surface area contributed by atoms with Gasteiger partial charge in [-0.1, -0.05) is 24.0 Å². The molecule has 47 heavy (non-hydrogen) atoms. The first-order valence-electron chi connectivity index (χ1n) is 15.1. The third-order valence-electron chi connectivity index (χ3n) is 7.66. The molecule has 4 aromatic rings. The van der Waals surface area contributed by atoms with Crippen LogP contribution in [0.1, 0.15) is 51.2 Å². The molecule has 1 fully saturated rings. The Hall–Kier alpha value is -5.31. The quantitative estimate of drug-likeness (QED) is 0.177. The van der Waals surface area contributed by atoms with Gasteiger partial charge in [0.05, 0.1) is 35.6 Å². The van der Waals surface area contributed by atoms with E-state index in [1.165, 1.54) is 12.5 Å². The minimum Gasteiger partial charge on any atom is -0.460 e. The number of pyridine rings is 1. The molecule has 0 spiro atoms. The predicted octanol–water partition coefficient (Wildman–Crippen LogP) is 7.53. The van der Waals surface area contributed by atoms with Crippen LogP contribution in [-0.2, 0) is 15.7 Å². The Morgan fingerprint density at radius 3 is 2.66 bits per heavy atom. The number of hydrogen-bond acceptors (Lipinski definition) is 7. The van der Waals surface area contributed by atoms with E-state index in [0.717, 1.165) is 24.4 Å². The van der Waals surface area contributed by atoms with Crippen molar-refractivity contribution in [3.63, 3.8) is 0 Å². The van der Waals surface area contributed by atoms with E-state index < -0.39 is 23.4 Å². The summed E-state index contributed by atoms with van der Waals surface area (Å²) in [5.41, 5.74) is 1.65. The maximum atomic E-state index is 14.0. The number of carbonyl (C=O) groups excluding carboxylic acids is 2. The van der Waals surface area contributed by atoms with E-state index in [1.54, 1.807) is 68.3 Å². The number of oxazole rings is 1. The van der Waals surface area contributed by atoms with Crippen molar-refractivity contribution in [2.24, 2.45) is 0 Å². The molecule has 242 valence electrons. The number of nitrogens with one attached hydrogen (secondary N) is 1. The van der Waals surface area contributed by atoms with Gasteiger partial charge in [0.25, 0.3) is 0 Å². The van der Waals surface area contributed by atoms with Gasteiger partial charge in [-0.25, -0.2) is 14.8 Å². The van der Waals surface area contributed by atoms with Gasteiger partial charge in [-0.3, -0.25) is 9.69 Å². The molecule has 2 aliphatic rings. The molecule has 2 aromatic heterocycles. The van der Waals surface area contributed by atoms with Crippen LogP contribution in [0.3, 0.4) is 0 Å². The van der Waals surface area contributed by atoms with Crippen molar-refractivity contribution in [1.29, 1.82) is 0 Å². The van der Waals surface area contributed by atoms with Crippen molar-refractivity contribution < 1.29 is 31.9 Å². The zero-order valence-electron chi connectivity index (χ0n) is 26.0. The van der Waals surface area contributed by atoms with Gasteiger partial charge >= 0.3 is 18.2 Å². The second-order valence-corrected chi connectivity index (χ2v) is 12.4. The zero-order valence-corrected chi connectivity index (χ0v) is 26.0. The van der Waals surface area contributed by atoms with Gasteiger partial charge in [0, 0.05) is 41.9 Å². The van der Waals surface area contributed by atoms with Gasteiger partial charge in [0.1, 0.15) is 5.60 Å². The number of carbonyl (C=O) groups is 2. The predicted molar refractivity (Wildman–Crippen MR) is 171 cm³/mol. The topological polar surface area (TPSA) is 101 Å². The molecule has 0 saturated carbocycles. The van der Waals surface area contributed by atoms with Crippen molar-refractivity contribution in [1.82, 2.24) is 9.97 Å². The van der Waals surface area contributed by atoms with Crippen LogP contribution in [0, 0.1) is 11.8 Å². The van der Waals surface area contributed by atoms with E-state index in [-0.39, 0.29) is 24.9 Å². The van der Waals surface area contributed by atoms with Gasteiger partial charge < -0.3 is 19.4 Å². The average Bonchev–Trinajstić information content (AvgIpc) is 3.70. The minimum absolute atomic E-state index is 0.137. The number of nitrogens with zero attached hydrogens (tertiary/aromatic N) is 4. The highest BCUT2D eigenvalue weighted by atomic mass is 19.4. The van der Waals surface area contributed by atoms with Crippen LogP contribution in [0.4, 0.5) is 35.2 Å². The normalized spacial score (nSPS) is 15.5. The summed E-state index contributed by atoms with van der Waals surface area (Å²) in [4.78, 5) is 38.5. The average molecular weight is 644 g/mol. The van der Waals surface area contributed by atoms with E-state index in [9.17, 15) is 22.8 Å². The summed E-state index contributed by atoms with van der Waals surface area (Å²) >= 11 is 0. The number of amides is 2. The molecular weight excluding hydrogens is 611 g/mol. The van der Waals surface area contributed by atoms with Crippen LogP contribution in [0.5, 0.6) is 0 Å². The zero-order chi connectivity index (χ0) is 33.3. The van der Waals surface area contributed by atoms with Crippen LogP contribution in [0.15, 0.2) is 71.6 Å². The number of hydrogen-bond donors (Lipinski definition) is 1. The highest BCUT2D eigenvalue weighted by molar-refractivity contribution is 6.05. The lowest BCUT2D eigenvalue weighted by Gasteiger charge is -2.36. The summed E-state index contributed by atoms with van der Waals surface area (Å²) < 4.78 is 51.2. The Labute approximate surface area is 269 Å². The van der Waals surface area contributed by atoms with Crippen molar-refractivity contribution in [3.8, 4) is 34.4 Å².